The van der Waals surface area contributed by atoms with E-state index >= 15 is 0 Å². The molecule has 0 radical (unpaired) electrons. The van der Waals surface area contributed by atoms with Gasteiger partial charge in [0.05, 0.1) is 15.6 Å². The quantitative estimate of drug-likeness (QED) is 0.554. The van der Waals surface area contributed by atoms with Crippen molar-refractivity contribution in [2.75, 3.05) is 0 Å². The summed E-state index contributed by atoms with van der Waals surface area (Å²) in [6.45, 7) is 1.73. The second kappa shape index (κ2) is 9.13. The monoisotopic (exact) mass is 483 g/mol. The molecule has 2 aromatic rings. The zero-order chi connectivity index (χ0) is 22.1. The first kappa shape index (κ1) is 22.9. The first-order valence-corrected chi connectivity index (χ1v) is 10.5. The van der Waals surface area contributed by atoms with Crippen LogP contribution in [0.3, 0.4) is 0 Å². The highest BCUT2D eigenvalue weighted by molar-refractivity contribution is 6.44. The molecule has 8 heteroatoms. The molecule has 0 heterocycles. The lowest BCUT2D eigenvalue weighted by atomic mass is 9.80. The van der Waals surface area contributed by atoms with Crippen molar-refractivity contribution in [1.29, 1.82) is 0 Å². The van der Waals surface area contributed by atoms with E-state index in [2.05, 4.69) is 5.32 Å². The molecule has 156 valence electrons. The Labute approximate surface area is 194 Å². The van der Waals surface area contributed by atoms with Crippen molar-refractivity contribution in [3.05, 3.63) is 92.5 Å². The summed E-state index contributed by atoms with van der Waals surface area (Å²) in [5.41, 5.74) is -0.748. The van der Waals surface area contributed by atoms with Gasteiger partial charge in [0, 0.05) is 5.03 Å². The average molecular weight is 485 g/mol. The van der Waals surface area contributed by atoms with Crippen LogP contribution in [-0.2, 0) is 4.79 Å². The Kier molecular flexibility index (Phi) is 6.95. The Morgan fingerprint density at radius 1 is 1.07 bits per heavy atom. The fraction of sp³-hybridized carbons (Fsp3) is 0.182. The van der Waals surface area contributed by atoms with Gasteiger partial charge in [-0.1, -0.05) is 77.3 Å². The Bertz CT molecular complexity index is 1050. The number of nitrogens with one attached hydrogen (secondary N) is 1. The van der Waals surface area contributed by atoms with Crippen LogP contribution >= 0.6 is 46.4 Å². The SMILES string of the molecule is CC1=C(Cl)C(Cl)C(NC(=O)c2cccc(Cl)c2Cl)(C(=O)C(O)c2ccccc2)C=C1. The molecular formula is C22H17Cl4NO3. The van der Waals surface area contributed by atoms with Crippen molar-refractivity contribution >= 4 is 58.1 Å². The molecule has 3 atom stereocenters. The molecule has 0 aliphatic heterocycles. The average Bonchev–Trinajstić information content (AvgIpc) is 2.75. The van der Waals surface area contributed by atoms with Gasteiger partial charge < -0.3 is 10.4 Å². The topological polar surface area (TPSA) is 66.4 Å². The van der Waals surface area contributed by atoms with Gasteiger partial charge in [-0.05, 0) is 36.3 Å². The smallest absolute Gasteiger partial charge is 0.253 e. The van der Waals surface area contributed by atoms with Gasteiger partial charge in [-0.25, -0.2) is 0 Å². The van der Waals surface area contributed by atoms with Crippen LogP contribution in [0.15, 0.2) is 71.3 Å². The summed E-state index contributed by atoms with van der Waals surface area (Å²) in [6.07, 6.45) is 1.48. The third-order valence-corrected chi connectivity index (χ3v) is 6.89. The van der Waals surface area contributed by atoms with Crippen molar-refractivity contribution in [1.82, 2.24) is 5.32 Å². The molecule has 0 saturated carbocycles. The van der Waals surface area contributed by atoms with E-state index in [0.29, 0.717) is 11.1 Å². The second-order valence-corrected chi connectivity index (χ2v) is 8.46. The maximum Gasteiger partial charge on any atom is 0.253 e. The highest BCUT2D eigenvalue weighted by Gasteiger charge is 2.50. The number of aliphatic hydroxyl groups excluding tert-OH is 1. The zero-order valence-electron chi connectivity index (χ0n) is 15.7. The minimum atomic E-state index is -1.81. The molecule has 30 heavy (non-hydrogen) atoms. The number of benzene rings is 2. The molecule has 0 saturated heterocycles. The van der Waals surface area contributed by atoms with Crippen molar-refractivity contribution in [2.45, 2.75) is 23.9 Å². The van der Waals surface area contributed by atoms with E-state index in [-0.39, 0.29) is 20.6 Å². The fourth-order valence-corrected chi connectivity index (χ4v) is 4.17. The van der Waals surface area contributed by atoms with Crippen LogP contribution in [0.5, 0.6) is 0 Å². The lowest BCUT2D eigenvalue weighted by Gasteiger charge is -2.38. The number of Topliss-reactive ketones (excluding diaryl/α,β-unsaturated/α-hetero) is 1. The predicted octanol–water partition coefficient (Wildman–Crippen LogP) is 5.45. The normalized spacial score (nSPS) is 22.0. The molecule has 4 nitrogen and oxygen atoms in total. The van der Waals surface area contributed by atoms with Crippen molar-refractivity contribution in [3.63, 3.8) is 0 Å². The number of allylic oxidation sites excluding steroid dienone is 2. The highest BCUT2D eigenvalue weighted by Crippen LogP contribution is 2.38. The number of amides is 1. The summed E-state index contributed by atoms with van der Waals surface area (Å²) in [5.74, 6) is -1.42. The summed E-state index contributed by atoms with van der Waals surface area (Å²) in [5, 5.41) is 12.7. The Morgan fingerprint density at radius 3 is 2.40 bits per heavy atom. The van der Waals surface area contributed by atoms with Crippen LogP contribution in [0.2, 0.25) is 10.0 Å². The van der Waals surface area contributed by atoms with E-state index in [9.17, 15) is 14.7 Å². The first-order valence-electron chi connectivity index (χ1n) is 8.92. The van der Waals surface area contributed by atoms with Crippen molar-refractivity contribution in [3.8, 4) is 0 Å². The lowest BCUT2D eigenvalue weighted by molar-refractivity contribution is -0.132. The third kappa shape index (κ3) is 4.16. The maximum absolute atomic E-state index is 13.5. The third-order valence-electron chi connectivity index (χ3n) is 4.88. The largest absolute Gasteiger partial charge is 0.380 e. The second-order valence-electron chi connectivity index (χ2n) is 6.83. The minimum Gasteiger partial charge on any atom is -0.380 e. The van der Waals surface area contributed by atoms with E-state index in [1.807, 2.05) is 0 Å². The summed E-state index contributed by atoms with van der Waals surface area (Å²) >= 11 is 25.1. The molecule has 0 spiro atoms. The van der Waals surface area contributed by atoms with Gasteiger partial charge in [0.25, 0.3) is 5.91 Å². The number of halogens is 4. The van der Waals surface area contributed by atoms with E-state index in [1.165, 1.54) is 18.2 Å². The van der Waals surface area contributed by atoms with Gasteiger partial charge in [0.1, 0.15) is 17.0 Å². The zero-order valence-corrected chi connectivity index (χ0v) is 18.7. The summed E-state index contributed by atoms with van der Waals surface area (Å²) in [7, 11) is 0. The number of aliphatic hydroxyl groups is 1. The Hall–Kier alpha value is -1.82. The van der Waals surface area contributed by atoms with E-state index < -0.39 is 28.7 Å². The lowest BCUT2D eigenvalue weighted by Crippen LogP contribution is -2.61. The van der Waals surface area contributed by atoms with Gasteiger partial charge >= 0.3 is 0 Å². The molecule has 0 fully saturated rings. The fourth-order valence-electron chi connectivity index (χ4n) is 3.14. The molecule has 2 N–H and O–H groups in total. The number of rotatable bonds is 5. The highest BCUT2D eigenvalue weighted by atomic mass is 35.5. The number of hydrogen-bond acceptors (Lipinski definition) is 3. The molecule has 1 amide bonds. The van der Waals surface area contributed by atoms with E-state index in [1.54, 1.807) is 49.4 Å². The van der Waals surface area contributed by atoms with Crippen LogP contribution in [0.1, 0.15) is 28.9 Å². The molecule has 3 unspecified atom stereocenters. The predicted molar refractivity (Wildman–Crippen MR) is 120 cm³/mol. The molecule has 2 aromatic carbocycles. The van der Waals surface area contributed by atoms with Crippen LogP contribution < -0.4 is 5.32 Å². The number of carbonyl (C=O) groups is 2. The van der Waals surface area contributed by atoms with Gasteiger partial charge in [0.2, 0.25) is 0 Å². The van der Waals surface area contributed by atoms with Crippen LogP contribution in [0, 0.1) is 0 Å². The molecule has 1 aliphatic rings. The Morgan fingerprint density at radius 2 is 1.73 bits per heavy atom. The minimum absolute atomic E-state index is 0.0339. The van der Waals surface area contributed by atoms with Crippen molar-refractivity contribution < 1.29 is 14.7 Å². The first-order chi connectivity index (χ1) is 14.2. The molecule has 0 bridgehead atoms. The number of alkyl halides is 1. The summed E-state index contributed by atoms with van der Waals surface area (Å²) in [4.78, 5) is 26.5. The molecule has 3 rings (SSSR count). The van der Waals surface area contributed by atoms with Crippen molar-refractivity contribution in [2.24, 2.45) is 0 Å². The summed E-state index contributed by atoms with van der Waals surface area (Å²) < 4.78 is 0. The summed E-state index contributed by atoms with van der Waals surface area (Å²) in [6, 6.07) is 12.9. The number of ketones is 1. The maximum atomic E-state index is 13.5. The van der Waals surface area contributed by atoms with Crippen LogP contribution in [0.25, 0.3) is 0 Å². The van der Waals surface area contributed by atoms with Gasteiger partial charge in [-0.3, -0.25) is 9.59 Å². The van der Waals surface area contributed by atoms with Crippen LogP contribution in [0.4, 0.5) is 0 Å². The molecule has 0 aromatic heterocycles. The molecule has 1 aliphatic carbocycles. The number of carbonyl (C=O) groups excluding carboxylic acids is 2. The number of hydrogen-bond donors (Lipinski definition) is 2. The van der Waals surface area contributed by atoms with E-state index in [0.717, 1.165) is 0 Å². The van der Waals surface area contributed by atoms with Gasteiger partial charge in [-0.2, -0.15) is 0 Å². The van der Waals surface area contributed by atoms with Crippen LogP contribution in [-0.4, -0.2) is 27.7 Å². The van der Waals surface area contributed by atoms with E-state index in [4.69, 9.17) is 46.4 Å². The van der Waals surface area contributed by atoms with Gasteiger partial charge in [0.15, 0.2) is 5.78 Å². The Balaban J connectivity index is 2.05. The standard InChI is InChI=1S/C22H17Cl4NO3/c1-12-10-11-22(19(26)16(12)24,20(29)18(28)13-6-3-2-4-7-13)27-21(30)14-8-5-9-15(23)17(14)25/h2-11,18-19,28H,1H3,(H,27,30). The molecular weight excluding hydrogens is 468 g/mol. The van der Waals surface area contributed by atoms with Gasteiger partial charge in [-0.15, -0.1) is 11.6 Å².